The highest BCUT2D eigenvalue weighted by Gasteiger charge is 2.22. The summed E-state index contributed by atoms with van der Waals surface area (Å²) in [5.41, 5.74) is 1.25. The Kier molecular flexibility index (Phi) is 6.72. The van der Waals surface area contributed by atoms with Crippen molar-refractivity contribution in [1.29, 1.82) is 0 Å². The molecular formula is C20H27N3O2S. The van der Waals surface area contributed by atoms with Gasteiger partial charge in [0.2, 0.25) is 11.8 Å². The quantitative estimate of drug-likeness (QED) is 0.677. The molecule has 5 nitrogen and oxygen atoms in total. The Morgan fingerprint density at radius 2 is 1.96 bits per heavy atom. The molecule has 1 amide bonds. The van der Waals surface area contributed by atoms with E-state index in [0.717, 1.165) is 12.8 Å². The highest BCUT2D eigenvalue weighted by Crippen LogP contribution is 2.24. The van der Waals surface area contributed by atoms with E-state index >= 15 is 0 Å². The van der Waals surface area contributed by atoms with Crippen LogP contribution in [0.15, 0.2) is 40.0 Å². The van der Waals surface area contributed by atoms with Gasteiger partial charge in [0, 0.05) is 19.5 Å². The number of aromatic nitrogens is 2. The van der Waals surface area contributed by atoms with Crippen LogP contribution in [0.4, 0.5) is 0 Å². The van der Waals surface area contributed by atoms with Gasteiger partial charge in [0.15, 0.2) is 0 Å². The minimum absolute atomic E-state index is 0.138. The van der Waals surface area contributed by atoms with Crippen LogP contribution in [0.1, 0.15) is 56.4 Å². The zero-order valence-electron chi connectivity index (χ0n) is 15.6. The van der Waals surface area contributed by atoms with Gasteiger partial charge in [-0.05, 0) is 24.3 Å². The first-order valence-electron chi connectivity index (χ1n) is 9.39. The summed E-state index contributed by atoms with van der Waals surface area (Å²) in [5, 5.41) is 8.69. The number of thioether (sulfide) groups is 1. The molecule has 1 aromatic carbocycles. The fraction of sp³-hybridized carbons (Fsp3) is 0.550. The second-order valence-corrected chi connectivity index (χ2v) is 7.99. The molecule has 0 N–H and O–H groups in total. The van der Waals surface area contributed by atoms with E-state index in [1.807, 2.05) is 30.1 Å². The molecule has 3 rings (SSSR count). The number of carbonyl (C=O) groups excluding carboxylic acids is 1. The van der Waals surface area contributed by atoms with E-state index < -0.39 is 0 Å². The van der Waals surface area contributed by atoms with Gasteiger partial charge in [-0.1, -0.05) is 68.3 Å². The maximum Gasteiger partial charge on any atom is 0.277 e. The third-order valence-electron chi connectivity index (χ3n) is 5.13. The monoisotopic (exact) mass is 373 g/mol. The highest BCUT2D eigenvalue weighted by molar-refractivity contribution is 7.99. The summed E-state index contributed by atoms with van der Waals surface area (Å²) in [4.78, 5) is 14.3. The van der Waals surface area contributed by atoms with Crippen LogP contribution in [-0.4, -0.2) is 39.8 Å². The van der Waals surface area contributed by atoms with E-state index in [0.29, 0.717) is 35.2 Å². The predicted molar refractivity (Wildman–Crippen MR) is 103 cm³/mol. The van der Waals surface area contributed by atoms with E-state index in [-0.39, 0.29) is 5.91 Å². The summed E-state index contributed by atoms with van der Waals surface area (Å²) >= 11 is 1.33. The molecule has 140 valence electrons. The fourth-order valence-electron chi connectivity index (χ4n) is 3.44. The molecule has 1 aromatic heterocycles. The number of hydrogen-bond donors (Lipinski definition) is 0. The first-order chi connectivity index (χ1) is 12.6. The topological polar surface area (TPSA) is 59.2 Å². The average molecular weight is 374 g/mol. The Morgan fingerprint density at radius 1 is 1.23 bits per heavy atom. The Hall–Kier alpha value is -1.82. The van der Waals surface area contributed by atoms with E-state index in [1.54, 1.807) is 0 Å². The van der Waals surface area contributed by atoms with E-state index in [4.69, 9.17) is 4.42 Å². The second-order valence-electron chi connectivity index (χ2n) is 7.06. The molecule has 0 radical (unpaired) electrons. The van der Waals surface area contributed by atoms with Crippen LogP contribution in [0.25, 0.3) is 0 Å². The van der Waals surface area contributed by atoms with E-state index in [1.165, 1.54) is 36.6 Å². The van der Waals surface area contributed by atoms with Crippen LogP contribution in [0, 0.1) is 0 Å². The lowest BCUT2D eigenvalue weighted by Crippen LogP contribution is -2.39. The standard InChI is InChI=1S/C20H27N3O2S/c1-15(16-9-5-3-6-10-16)13-18-21-22-20(25-18)26-14-19(24)23(2)17-11-7-4-8-12-17/h3,5-6,9-10,15,17H,4,7-8,11-14H2,1-2H3. The summed E-state index contributed by atoms with van der Waals surface area (Å²) in [6.07, 6.45) is 6.68. The molecule has 1 unspecified atom stereocenters. The third kappa shape index (κ3) is 5.10. The van der Waals surface area contributed by atoms with Crippen LogP contribution in [0.2, 0.25) is 0 Å². The molecule has 0 aliphatic heterocycles. The molecule has 1 aliphatic rings. The number of rotatable bonds is 7. The SMILES string of the molecule is CC(Cc1nnc(SCC(=O)N(C)C2CCCCC2)o1)c1ccccc1. The lowest BCUT2D eigenvalue weighted by molar-refractivity contribution is -0.129. The van der Waals surface area contributed by atoms with Gasteiger partial charge in [0.25, 0.3) is 5.22 Å². The fourth-order valence-corrected chi connectivity index (χ4v) is 4.14. The summed E-state index contributed by atoms with van der Waals surface area (Å²) in [6.45, 7) is 2.15. The molecule has 26 heavy (non-hydrogen) atoms. The second kappa shape index (κ2) is 9.21. The first kappa shape index (κ1) is 19.0. The van der Waals surface area contributed by atoms with Gasteiger partial charge >= 0.3 is 0 Å². The smallest absolute Gasteiger partial charge is 0.277 e. The Balaban J connectivity index is 1.48. The van der Waals surface area contributed by atoms with Crippen molar-refractivity contribution in [3.63, 3.8) is 0 Å². The minimum atomic E-state index is 0.138. The average Bonchev–Trinajstić information content (AvgIpc) is 3.14. The molecule has 1 aliphatic carbocycles. The van der Waals surface area contributed by atoms with Crippen LogP contribution >= 0.6 is 11.8 Å². The molecule has 2 aromatic rings. The van der Waals surface area contributed by atoms with Crippen LogP contribution < -0.4 is 0 Å². The molecule has 1 heterocycles. The summed E-state index contributed by atoms with van der Waals surface area (Å²) in [7, 11) is 1.92. The molecule has 0 bridgehead atoms. The van der Waals surface area contributed by atoms with Crippen molar-refractivity contribution in [3.05, 3.63) is 41.8 Å². The highest BCUT2D eigenvalue weighted by atomic mass is 32.2. The zero-order chi connectivity index (χ0) is 18.4. The minimum Gasteiger partial charge on any atom is -0.416 e. The van der Waals surface area contributed by atoms with Gasteiger partial charge in [-0.3, -0.25) is 4.79 Å². The lowest BCUT2D eigenvalue weighted by Gasteiger charge is -2.31. The Morgan fingerprint density at radius 3 is 2.69 bits per heavy atom. The van der Waals surface area contributed by atoms with Crippen molar-refractivity contribution in [1.82, 2.24) is 15.1 Å². The van der Waals surface area contributed by atoms with Gasteiger partial charge in [-0.15, -0.1) is 10.2 Å². The molecule has 1 fully saturated rings. The molecule has 6 heteroatoms. The normalized spacial score (nSPS) is 16.4. The molecular weight excluding hydrogens is 346 g/mol. The van der Waals surface area contributed by atoms with Gasteiger partial charge in [-0.2, -0.15) is 0 Å². The van der Waals surface area contributed by atoms with Gasteiger partial charge in [-0.25, -0.2) is 0 Å². The van der Waals surface area contributed by atoms with E-state index in [2.05, 4.69) is 29.3 Å². The number of nitrogens with zero attached hydrogens (tertiary/aromatic N) is 3. The number of hydrogen-bond acceptors (Lipinski definition) is 5. The number of amides is 1. The van der Waals surface area contributed by atoms with Crippen molar-refractivity contribution in [2.24, 2.45) is 0 Å². The largest absolute Gasteiger partial charge is 0.416 e. The van der Waals surface area contributed by atoms with Crippen LogP contribution in [0.5, 0.6) is 0 Å². The Labute approximate surface area is 159 Å². The molecule has 0 spiro atoms. The summed E-state index contributed by atoms with van der Waals surface area (Å²) < 4.78 is 5.72. The summed E-state index contributed by atoms with van der Waals surface area (Å²) in [6, 6.07) is 10.7. The maximum absolute atomic E-state index is 12.4. The maximum atomic E-state index is 12.4. The predicted octanol–water partition coefficient (Wildman–Crippen LogP) is 4.30. The van der Waals surface area contributed by atoms with Crippen molar-refractivity contribution >= 4 is 17.7 Å². The first-order valence-corrected chi connectivity index (χ1v) is 10.4. The van der Waals surface area contributed by atoms with E-state index in [9.17, 15) is 4.79 Å². The molecule has 0 saturated heterocycles. The number of carbonyl (C=O) groups is 1. The van der Waals surface area contributed by atoms with Crippen molar-refractivity contribution in [2.75, 3.05) is 12.8 Å². The zero-order valence-corrected chi connectivity index (χ0v) is 16.4. The van der Waals surface area contributed by atoms with Gasteiger partial charge in [0.05, 0.1) is 5.75 Å². The summed E-state index contributed by atoms with van der Waals surface area (Å²) in [5.74, 6) is 1.42. The van der Waals surface area contributed by atoms with Crippen molar-refractivity contribution < 1.29 is 9.21 Å². The Bertz CT molecular complexity index is 698. The van der Waals surface area contributed by atoms with Crippen molar-refractivity contribution in [3.8, 4) is 0 Å². The number of benzene rings is 1. The molecule has 1 atom stereocenters. The van der Waals surface area contributed by atoms with Crippen LogP contribution in [0.3, 0.4) is 0 Å². The van der Waals surface area contributed by atoms with Crippen molar-refractivity contribution in [2.45, 2.75) is 62.6 Å². The lowest BCUT2D eigenvalue weighted by atomic mass is 9.94. The van der Waals surface area contributed by atoms with Gasteiger partial charge < -0.3 is 9.32 Å². The third-order valence-corrected chi connectivity index (χ3v) is 5.94. The van der Waals surface area contributed by atoms with Gasteiger partial charge in [0.1, 0.15) is 0 Å². The van der Waals surface area contributed by atoms with Crippen LogP contribution in [-0.2, 0) is 11.2 Å². The molecule has 1 saturated carbocycles.